The highest BCUT2D eigenvalue weighted by Crippen LogP contribution is 2.69. The summed E-state index contributed by atoms with van der Waals surface area (Å²) in [6.45, 7) is 4.28. The lowest BCUT2D eigenvalue weighted by atomic mass is 9.43. The number of hydrogen-bond acceptors (Lipinski definition) is 3. The maximum atomic E-state index is 12.3. The number of rotatable bonds is 2. The number of hydrogen-bond donors (Lipinski definition) is 2. The molecule has 0 spiro atoms. The van der Waals surface area contributed by atoms with Crippen molar-refractivity contribution in [3.63, 3.8) is 0 Å². The molecule has 0 bridgehead atoms. The number of carbonyl (C=O) groups excluding carboxylic acids is 1. The van der Waals surface area contributed by atoms with Crippen molar-refractivity contribution < 1.29 is 15.0 Å². The van der Waals surface area contributed by atoms with Crippen molar-refractivity contribution in [1.29, 1.82) is 0 Å². The van der Waals surface area contributed by atoms with E-state index in [9.17, 15) is 15.0 Å². The summed E-state index contributed by atoms with van der Waals surface area (Å²) in [5, 5.41) is 21.2. The molecule has 7 atom stereocenters. The van der Waals surface area contributed by atoms with Crippen LogP contribution in [-0.4, -0.2) is 28.2 Å². The van der Waals surface area contributed by atoms with E-state index in [2.05, 4.69) is 13.8 Å². The minimum absolute atomic E-state index is 0.0514. The topological polar surface area (TPSA) is 57.5 Å². The van der Waals surface area contributed by atoms with E-state index in [1.54, 1.807) is 0 Å². The summed E-state index contributed by atoms with van der Waals surface area (Å²) in [7, 11) is 0. The Morgan fingerprint density at radius 2 is 1.75 bits per heavy atom. The Morgan fingerprint density at radius 1 is 0.958 bits per heavy atom. The molecule has 0 radical (unpaired) electrons. The molecule has 0 aromatic carbocycles. The van der Waals surface area contributed by atoms with Crippen LogP contribution in [0, 0.1) is 34.5 Å². The molecule has 4 aliphatic rings. The summed E-state index contributed by atoms with van der Waals surface area (Å²) in [5.41, 5.74) is -0.625. The molecule has 1 unspecified atom stereocenters. The van der Waals surface area contributed by atoms with Crippen molar-refractivity contribution >= 4 is 5.78 Å². The molecule has 4 rings (SSSR count). The lowest BCUT2D eigenvalue weighted by Gasteiger charge is -2.63. The van der Waals surface area contributed by atoms with Crippen molar-refractivity contribution in [3.8, 4) is 0 Å². The van der Waals surface area contributed by atoms with Crippen LogP contribution < -0.4 is 0 Å². The van der Waals surface area contributed by atoms with E-state index in [4.69, 9.17) is 0 Å². The first-order valence-corrected chi connectivity index (χ1v) is 10.2. The van der Waals surface area contributed by atoms with Gasteiger partial charge in [-0.15, -0.1) is 0 Å². The summed E-state index contributed by atoms with van der Waals surface area (Å²) in [6.07, 6.45) is 11.4. The summed E-state index contributed by atoms with van der Waals surface area (Å²) >= 11 is 0. The lowest BCUT2D eigenvalue weighted by molar-refractivity contribution is -0.206. The molecule has 24 heavy (non-hydrogen) atoms. The van der Waals surface area contributed by atoms with Gasteiger partial charge < -0.3 is 10.2 Å². The molecule has 4 aliphatic carbocycles. The molecule has 0 amide bonds. The first-order valence-electron chi connectivity index (χ1n) is 10.2. The van der Waals surface area contributed by atoms with Crippen LogP contribution in [0.2, 0.25) is 0 Å². The van der Waals surface area contributed by atoms with Crippen molar-refractivity contribution in [2.45, 2.75) is 83.7 Å². The normalized spacial score (nSPS) is 53.8. The predicted octanol–water partition coefficient (Wildman–Crippen LogP) is 3.71. The third-order valence-corrected chi connectivity index (χ3v) is 9.31. The molecule has 0 aliphatic heterocycles. The molecule has 3 heteroatoms. The van der Waals surface area contributed by atoms with Gasteiger partial charge >= 0.3 is 0 Å². The van der Waals surface area contributed by atoms with Crippen LogP contribution in [0.15, 0.2) is 0 Å². The van der Waals surface area contributed by atoms with Crippen LogP contribution in [0.25, 0.3) is 0 Å². The van der Waals surface area contributed by atoms with Crippen molar-refractivity contribution in [1.82, 2.24) is 0 Å². The van der Waals surface area contributed by atoms with Gasteiger partial charge in [-0.2, -0.15) is 0 Å². The third kappa shape index (κ3) is 2.00. The minimum Gasteiger partial charge on any atom is -0.389 e. The Morgan fingerprint density at radius 3 is 2.50 bits per heavy atom. The van der Waals surface area contributed by atoms with Crippen molar-refractivity contribution in [2.75, 3.05) is 6.61 Å². The fourth-order valence-electron chi connectivity index (χ4n) is 7.89. The second kappa shape index (κ2) is 5.54. The van der Waals surface area contributed by atoms with Crippen LogP contribution in [0.4, 0.5) is 0 Å². The van der Waals surface area contributed by atoms with E-state index in [0.29, 0.717) is 17.3 Å². The third-order valence-electron chi connectivity index (χ3n) is 9.31. The van der Waals surface area contributed by atoms with Crippen LogP contribution in [-0.2, 0) is 4.79 Å². The second-order valence-electron chi connectivity index (χ2n) is 9.83. The van der Waals surface area contributed by atoms with E-state index in [1.807, 2.05) is 0 Å². The van der Waals surface area contributed by atoms with Crippen LogP contribution >= 0.6 is 0 Å². The second-order valence-corrected chi connectivity index (χ2v) is 9.83. The van der Waals surface area contributed by atoms with Gasteiger partial charge in [0.05, 0.1) is 5.60 Å². The van der Waals surface area contributed by atoms with Gasteiger partial charge in [-0.3, -0.25) is 4.79 Å². The monoisotopic (exact) mass is 334 g/mol. The van der Waals surface area contributed by atoms with E-state index in [0.717, 1.165) is 38.0 Å². The molecule has 2 N–H and O–H groups in total. The van der Waals surface area contributed by atoms with Gasteiger partial charge in [0.2, 0.25) is 0 Å². The fraction of sp³-hybridized carbons (Fsp3) is 0.952. The number of ketones is 1. The molecule has 0 aromatic heterocycles. The SMILES string of the molecule is C[C@]12CCCCC1CC[C@@H]1[C@@H]2CC[C@]2(C)[C@@H](C(=O)CO)CC[C@]12O. The average molecular weight is 335 g/mol. The summed E-state index contributed by atoms with van der Waals surface area (Å²) in [4.78, 5) is 12.3. The highest BCUT2D eigenvalue weighted by atomic mass is 16.3. The standard InChI is InChI=1S/C21H34O3/c1-19-10-4-3-5-14(19)6-7-16-15(19)8-11-20(2)17(18(23)13-22)9-12-21(16,20)24/h14-17,22,24H,3-13H2,1-2H3/t14?,15-,16+,17+,19-,20+,21-/m0/s1. The Bertz CT molecular complexity index is 531. The summed E-state index contributed by atoms with van der Waals surface area (Å²) in [5.74, 6) is 1.62. The number of Topliss-reactive ketones (excluding diaryl/α,β-unsaturated/α-hetero) is 1. The smallest absolute Gasteiger partial charge is 0.161 e. The number of aliphatic hydroxyl groups excluding tert-OH is 1. The van der Waals surface area contributed by atoms with Gasteiger partial charge in [0, 0.05) is 11.3 Å². The first kappa shape index (κ1) is 17.0. The zero-order valence-corrected chi connectivity index (χ0v) is 15.4. The van der Waals surface area contributed by atoms with Gasteiger partial charge in [-0.1, -0.05) is 26.7 Å². The summed E-state index contributed by atoms with van der Waals surface area (Å²) in [6, 6.07) is 0. The number of fused-ring (bicyclic) bond motifs is 5. The van der Waals surface area contributed by atoms with Gasteiger partial charge in [0.25, 0.3) is 0 Å². The zero-order chi connectivity index (χ0) is 17.2. The van der Waals surface area contributed by atoms with Crippen LogP contribution in [0.5, 0.6) is 0 Å². The van der Waals surface area contributed by atoms with E-state index < -0.39 is 5.60 Å². The Kier molecular flexibility index (Phi) is 3.93. The van der Waals surface area contributed by atoms with Gasteiger partial charge in [0.15, 0.2) is 5.78 Å². The fourth-order valence-corrected chi connectivity index (χ4v) is 7.89. The highest BCUT2D eigenvalue weighted by molar-refractivity contribution is 5.83. The maximum Gasteiger partial charge on any atom is 0.161 e. The largest absolute Gasteiger partial charge is 0.389 e. The quantitative estimate of drug-likeness (QED) is 0.809. The number of aliphatic hydroxyl groups is 2. The predicted molar refractivity (Wildman–Crippen MR) is 93.4 cm³/mol. The Balaban J connectivity index is 1.68. The maximum absolute atomic E-state index is 12.3. The molecular formula is C21H34O3. The molecule has 4 fully saturated rings. The van der Waals surface area contributed by atoms with Gasteiger partial charge in [-0.25, -0.2) is 0 Å². The molecule has 3 nitrogen and oxygen atoms in total. The molecular weight excluding hydrogens is 300 g/mol. The van der Waals surface area contributed by atoms with E-state index >= 15 is 0 Å². The van der Waals surface area contributed by atoms with Gasteiger partial charge in [-0.05, 0) is 74.5 Å². The first-order chi connectivity index (χ1) is 11.4. The molecule has 4 saturated carbocycles. The summed E-state index contributed by atoms with van der Waals surface area (Å²) < 4.78 is 0. The van der Waals surface area contributed by atoms with Crippen molar-refractivity contribution in [3.05, 3.63) is 0 Å². The highest BCUT2D eigenvalue weighted by Gasteiger charge is 2.67. The van der Waals surface area contributed by atoms with Gasteiger partial charge in [0.1, 0.15) is 6.61 Å². The van der Waals surface area contributed by atoms with Crippen LogP contribution in [0.3, 0.4) is 0 Å². The molecule has 136 valence electrons. The molecule has 0 aromatic rings. The van der Waals surface area contributed by atoms with Crippen LogP contribution in [0.1, 0.15) is 78.1 Å². The van der Waals surface area contributed by atoms with E-state index in [1.165, 1.54) is 32.1 Å². The molecule has 0 heterocycles. The lowest BCUT2D eigenvalue weighted by Crippen LogP contribution is -2.62. The molecule has 0 saturated heterocycles. The van der Waals surface area contributed by atoms with Crippen molar-refractivity contribution in [2.24, 2.45) is 34.5 Å². The van der Waals surface area contributed by atoms with E-state index in [-0.39, 0.29) is 23.7 Å². The minimum atomic E-state index is -0.698. The Labute approximate surface area is 146 Å². The Hall–Kier alpha value is -0.410. The number of carbonyl (C=O) groups is 1. The zero-order valence-electron chi connectivity index (χ0n) is 15.4. The average Bonchev–Trinajstić information content (AvgIpc) is 2.85.